The highest BCUT2D eigenvalue weighted by Crippen LogP contribution is 2.37. The Morgan fingerprint density at radius 3 is 2.68 bits per heavy atom. The van der Waals surface area contributed by atoms with Crippen molar-refractivity contribution in [3.05, 3.63) is 41.7 Å². The van der Waals surface area contributed by atoms with Crippen LogP contribution >= 0.6 is 22.9 Å². The summed E-state index contributed by atoms with van der Waals surface area (Å²) in [5, 5.41) is 0.756. The summed E-state index contributed by atoms with van der Waals surface area (Å²) < 4.78 is 6.96. The first-order valence-corrected chi connectivity index (χ1v) is 11.0. The minimum absolute atomic E-state index is 0.427. The van der Waals surface area contributed by atoms with Crippen LogP contribution in [0.1, 0.15) is 12.8 Å². The van der Waals surface area contributed by atoms with Gasteiger partial charge in [0.1, 0.15) is 12.1 Å². The standard InChI is InChI=1S/C21H23ClN4OS/c22-16-5-3-15(4-6-16)19-12-18-20(28-19)21(24-14-23-18)26-9-7-25(8-10-26)13-17-2-1-11-27-17/h3-6,12,14,17H,1-2,7-11,13H2. The van der Waals surface area contributed by atoms with Gasteiger partial charge in [0.05, 0.1) is 16.3 Å². The third kappa shape index (κ3) is 3.74. The summed E-state index contributed by atoms with van der Waals surface area (Å²) in [6, 6.07) is 10.1. The Labute approximate surface area is 173 Å². The Hall–Kier alpha value is -1.73. The van der Waals surface area contributed by atoms with E-state index < -0.39 is 0 Å². The third-order valence-electron chi connectivity index (χ3n) is 5.58. The lowest BCUT2D eigenvalue weighted by atomic mass is 10.2. The first-order valence-electron chi connectivity index (χ1n) is 9.86. The molecule has 146 valence electrons. The number of nitrogens with zero attached hydrogens (tertiary/aromatic N) is 4. The summed E-state index contributed by atoms with van der Waals surface area (Å²) in [5.74, 6) is 1.06. The van der Waals surface area contributed by atoms with Crippen molar-refractivity contribution in [2.24, 2.45) is 0 Å². The molecular formula is C21H23ClN4OS. The predicted octanol–water partition coefficient (Wildman–Crippen LogP) is 4.31. The van der Waals surface area contributed by atoms with E-state index in [1.165, 1.54) is 28.0 Å². The van der Waals surface area contributed by atoms with E-state index in [1.807, 2.05) is 12.1 Å². The minimum atomic E-state index is 0.427. The van der Waals surface area contributed by atoms with Crippen LogP contribution in [-0.2, 0) is 4.74 Å². The normalized spacial score (nSPS) is 20.9. The van der Waals surface area contributed by atoms with Crippen molar-refractivity contribution in [2.45, 2.75) is 18.9 Å². The van der Waals surface area contributed by atoms with Crippen LogP contribution in [0.5, 0.6) is 0 Å². The van der Waals surface area contributed by atoms with Crippen LogP contribution < -0.4 is 4.90 Å². The molecule has 2 aliphatic heterocycles. The van der Waals surface area contributed by atoms with Gasteiger partial charge in [-0.2, -0.15) is 0 Å². The lowest BCUT2D eigenvalue weighted by Crippen LogP contribution is -2.48. The average Bonchev–Trinajstić information content (AvgIpc) is 3.38. The van der Waals surface area contributed by atoms with E-state index >= 15 is 0 Å². The van der Waals surface area contributed by atoms with E-state index in [-0.39, 0.29) is 0 Å². The SMILES string of the molecule is Clc1ccc(-c2cc3ncnc(N4CCN(CC5CCCO5)CC4)c3s2)cc1. The molecule has 0 saturated carbocycles. The summed E-state index contributed by atoms with van der Waals surface area (Å²) in [6.07, 6.45) is 4.53. The maximum absolute atomic E-state index is 6.03. The second kappa shape index (κ2) is 7.95. The molecule has 2 saturated heterocycles. The van der Waals surface area contributed by atoms with Gasteiger partial charge in [-0.15, -0.1) is 11.3 Å². The number of piperazine rings is 1. The molecule has 5 rings (SSSR count). The Morgan fingerprint density at radius 2 is 1.93 bits per heavy atom. The molecule has 1 unspecified atom stereocenters. The number of rotatable bonds is 4. The van der Waals surface area contributed by atoms with Crippen LogP contribution in [0.4, 0.5) is 5.82 Å². The van der Waals surface area contributed by atoms with E-state index in [9.17, 15) is 0 Å². The fraction of sp³-hybridized carbons (Fsp3) is 0.429. The maximum atomic E-state index is 6.03. The molecule has 7 heteroatoms. The first kappa shape index (κ1) is 18.3. The van der Waals surface area contributed by atoms with E-state index in [2.05, 4.69) is 38.0 Å². The molecule has 3 aromatic rings. The van der Waals surface area contributed by atoms with Crippen LogP contribution in [0.2, 0.25) is 5.02 Å². The molecule has 0 bridgehead atoms. The second-order valence-corrected chi connectivity index (χ2v) is 8.94. The number of halogens is 1. The van der Waals surface area contributed by atoms with E-state index in [0.29, 0.717) is 6.10 Å². The van der Waals surface area contributed by atoms with E-state index in [4.69, 9.17) is 16.3 Å². The fourth-order valence-electron chi connectivity index (χ4n) is 4.04. The summed E-state index contributed by atoms with van der Waals surface area (Å²) in [6.45, 7) is 6.09. The Morgan fingerprint density at radius 1 is 1.11 bits per heavy atom. The molecular weight excluding hydrogens is 392 g/mol. The number of aromatic nitrogens is 2. The van der Waals surface area contributed by atoms with Crippen LogP contribution in [0, 0.1) is 0 Å². The smallest absolute Gasteiger partial charge is 0.150 e. The number of fused-ring (bicyclic) bond motifs is 1. The molecule has 1 aromatic carbocycles. The van der Waals surface area contributed by atoms with Crippen molar-refractivity contribution in [3.8, 4) is 10.4 Å². The molecule has 0 aliphatic carbocycles. The van der Waals surface area contributed by atoms with Crippen molar-refractivity contribution in [2.75, 3.05) is 44.2 Å². The number of thiophene rings is 1. The fourth-order valence-corrected chi connectivity index (χ4v) is 5.30. The molecule has 0 radical (unpaired) electrons. The molecule has 0 amide bonds. The number of ether oxygens (including phenoxy) is 1. The third-order valence-corrected chi connectivity index (χ3v) is 7.00. The van der Waals surface area contributed by atoms with Crippen molar-refractivity contribution in [1.82, 2.24) is 14.9 Å². The van der Waals surface area contributed by atoms with Gasteiger partial charge in [-0.05, 0) is 36.6 Å². The molecule has 1 atom stereocenters. The van der Waals surface area contributed by atoms with Crippen molar-refractivity contribution in [1.29, 1.82) is 0 Å². The van der Waals surface area contributed by atoms with Gasteiger partial charge in [-0.1, -0.05) is 23.7 Å². The summed E-state index contributed by atoms with van der Waals surface area (Å²) in [4.78, 5) is 15.3. The van der Waals surface area contributed by atoms with Gasteiger partial charge in [0.2, 0.25) is 0 Å². The van der Waals surface area contributed by atoms with Gasteiger partial charge in [0.25, 0.3) is 0 Å². The zero-order valence-electron chi connectivity index (χ0n) is 15.7. The first-order chi connectivity index (χ1) is 13.8. The largest absolute Gasteiger partial charge is 0.377 e. The minimum Gasteiger partial charge on any atom is -0.377 e. The van der Waals surface area contributed by atoms with E-state index in [0.717, 1.165) is 55.7 Å². The average molecular weight is 415 g/mol. The number of anilines is 1. The van der Waals surface area contributed by atoms with Gasteiger partial charge >= 0.3 is 0 Å². The predicted molar refractivity (Wildman–Crippen MR) is 115 cm³/mol. The molecule has 2 fully saturated rings. The monoisotopic (exact) mass is 414 g/mol. The summed E-state index contributed by atoms with van der Waals surface area (Å²) >= 11 is 7.79. The lowest BCUT2D eigenvalue weighted by molar-refractivity contribution is 0.0712. The van der Waals surface area contributed by atoms with Gasteiger partial charge in [-0.3, -0.25) is 4.90 Å². The molecule has 2 aromatic heterocycles. The maximum Gasteiger partial charge on any atom is 0.150 e. The molecule has 28 heavy (non-hydrogen) atoms. The quantitative estimate of drug-likeness (QED) is 0.636. The zero-order valence-corrected chi connectivity index (χ0v) is 17.3. The molecule has 5 nitrogen and oxygen atoms in total. The van der Waals surface area contributed by atoms with Crippen molar-refractivity contribution >= 4 is 39.0 Å². The number of hydrogen-bond acceptors (Lipinski definition) is 6. The molecule has 2 aliphatic rings. The number of benzene rings is 1. The van der Waals surface area contributed by atoms with Crippen LogP contribution in [-0.4, -0.2) is 60.3 Å². The van der Waals surface area contributed by atoms with Gasteiger partial charge < -0.3 is 9.64 Å². The van der Waals surface area contributed by atoms with Crippen LogP contribution in [0.25, 0.3) is 20.7 Å². The van der Waals surface area contributed by atoms with Crippen molar-refractivity contribution < 1.29 is 4.74 Å². The van der Waals surface area contributed by atoms with E-state index in [1.54, 1.807) is 17.7 Å². The zero-order chi connectivity index (χ0) is 18.9. The molecule has 0 N–H and O–H groups in total. The van der Waals surface area contributed by atoms with Crippen LogP contribution in [0.15, 0.2) is 36.7 Å². The lowest BCUT2D eigenvalue weighted by Gasteiger charge is -2.36. The number of hydrogen-bond donors (Lipinski definition) is 0. The summed E-state index contributed by atoms with van der Waals surface area (Å²) in [5.41, 5.74) is 2.18. The highest BCUT2D eigenvalue weighted by atomic mass is 35.5. The second-order valence-electron chi connectivity index (χ2n) is 7.45. The van der Waals surface area contributed by atoms with Gasteiger partial charge in [0.15, 0.2) is 0 Å². The Balaban J connectivity index is 1.34. The Bertz CT molecular complexity index is 947. The Kier molecular flexibility index (Phi) is 5.20. The van der Waals surface area contributed by atoms with Gasteiger partial charge in [-0.25, -0.2) is 9.97 Å². The van der Waals surface area contributed by atoms with Crippen molar-refractivity contribution in [3.63, 3.8) is 0 Å². The highest BCUT2D eigenvalue weighted by molar-refractivity contribution is 7.22. The summed E-state index contributed by atoms with van der Waals surface area (Å²) in [7, 11) is 0. The van der Waals surface area contributed by atoms with Gasteiger partial charge in [0, 0.05) is 49.2 Å². The topological polar surface area (TPSA) is 41.5 Å². The molecule has 4 heterocycles. The molecule has 0 spiro atoms. The highest BCUT2D eigenvalue weighted by Gasteiger charge is 2.24. The van der Waals surface area contributed by atoms with Crippen LogP contribution in [0.3, 0.4) is 0 Å².